The maximum absolute atomic E-state index is 12.6. The van der Waals surface area contributed by atoms with Crippen LogP contribution in [0.3, 0.4) is 0 Å². The van der Waals surface area contributed by atoms with Gasteiger partial charge in [0, 0.05) is 0 Å². The fourth-order valence-electron chi connectivity index (χ4n) is 4.65. The summed E-state index contributed by atoms with van der Waals surface area (Å²) < 4.78 is 48.1. The first-order valence-electron chi connectivity index (χ1n) is 8.84. The summed E-state index contributed by atoms with van der Waals surface area (Å²) in [7, 11) is -6.54. The molecule has 0 aromatic heterocycles. The highest BCUT2D eigenvalue weighted by Gasteiger charge is 2.53. The largest absolute Gasteiger partial charge is 0.332 e. The quantitative estimate of drug-likeness (QED) is 0.588. The van der Waals surface area contributed by atoms with Crippen molar-refractivity contribution in [2.45, 2.75) is 24.2 Å². The lowest BCUT2D eigenvalue weighted by atomic mass is 10.1. The molecule has 28 heavy (non-hydrogen) atoms. The molecule has 4 saturated heterocycles. The van der Waals surface area contributed by atoms with Crippen LogP contribution >= 0.6 is 0 Å². The Bertz CT molecular complexity index is 1010. The molecule has 0 unspecified atom stereocenters. The van der Waals surface area contributed by atoms with E-state index in [1.807, 2.05) is 0 Å². The molecule has 0 radical (unpaired) electrons. The number of nitrogens with zero attached hydrogens (tertiary/aromatic N) is 2. The van der Waals surface area contributed by atoms with E-state index < -0.39 is 55.9 Å². The number of fused-ring (bicyclic) bond motifs is 2. The number of sulfone groups is 2. The van der Waals surface area contributed by atoms with Gasteiger partial charge in [0.25, 0.3) is 0 Å². The van der Waals surface area contributed by atoms with E-state index in [2.05, 4.69) is 10.6 Å². The van der Waals surface area contributed by atoms with Gasteiger partial charge in [-0.25, -0.2) is 26.4 Å². The van der Waals surface area contributed by atoms with E-state index >= 15 is 0 Å². The Hall–Kier alpha value is -2.34. The van der Waals surface area contributed by atoms with Gasteiger partial charge in [-0.15, -0.1) is 0 Å². The minimum Gasteiger partial charge on any atom is -0.332 e. The van der Waals surface area contributed by atoms with Crippen LogP contribution in [0.2, 0.25) is 0 Å². The van der Waals surface area contributed by atoms with Crippen molar-refractivity contribution in [3.05, 3.63) is 24.3 Å². The summed E-state index contributed by atoms with van der Waals surface area (Å²) in [6.07, 6.45) is 0. The van der Waals surface area contributed by atoms with Gasteiger partial charge in [0.15, 0.2) is 19.7 Å². The number of rotatable bonds is 2. The summed E-state index contributed by atoms with van der Waals surface area (Å²) in [4.78, 5) is 27.9. The molecule has 4 atom stereocenters. The van der Waals surface area contributed by atoms with Crippen molar-refractivity contribution in [2.75, 3.05) is 32.8 Å². The van der Waals surface area contributed by atoms with Gasteiger partial charge in [0.2, 0.25) is 0 Å². The number of urea groups is 2. The van der Waals surface area contributed by atoms with Crippen LogP contribution in [-0.4, -0.2) is 76.1 Å². The molecule has 2 N–H and O–H groups in total. The van der Waals surface area contributed by atoms with Gasteiger partial charge in [-0.3, -0.25) is 9.80 Å². The number of benzene rings is 1. The molecule has 4 aliphatic rings. The topological polar surface area (TPSA) is 133 Å². The SMILES string of the molecule is O=C1N[C@H]2CS(=O)(=O)C[C@@H]2N1c1ccccc1N1C(=O)N[C@@H]2CS(=O)(=O)C[C@@H]21. The van der Waals surface area contributed by atoms with E-state index in [4.69, 9.17) is 0 Å². The Kier molecular flexibility index (Phi) is 3.55. The summed E-state index contributed by atoms with van der Waals surface area (Å²) in [6, 6.07) is 3.70. The van der Waals surface area contributed by atoms with Gasteiger partial charge in [-0.2, -0.15) is 0 Å². The summed E-state index contributed by atoms with van der Waals surface area (Å²) in [5, 5.41) is 5.40. The highest BCUT2D eigenvalue weighted by atomic mass is 32.2. The first-order chi connectivity index (χ1) is 13.2. The second-order valence-corrected chi connectivity index (χ2v) is 11.9. The molecule has 4 heterocycles. The molecule has 10 nitrogen and oxygen atoms in total. The first-order valence-corrected chi connectivity index (χ1v) is 12.5. The average molecular weight is 426 g/mol. The Balaban J connectivity index is 1.57. The van der Waals surface area contributed by atoms with Crippen LogP contribution in [0.15, 0.2) is 24.3 Å². The van der Waals surface area contributed by atoms with Crippen LogP contribution in [0.25, 0.3) is 0 Å². The molecule has 12 heteroatoms. The summed E-state index contributed by atoms with van der Waals surface area (Å²) in [6.45, 7) is 0. The van der Waals surface area contributed by atoms with Gasteiger partial charge in [0.05, 0.1) is 58.6 Å². The van der Waals surface area contributed by atoms with E-state index in [0.717, 1.165) is 0 Å². The fourth-order valence-corrected chi connectivity index (χ4v) is 8.43. The standard InChI is InChI=1S/C16H18N4O6S2/c21-15-17-9-5-27(23,24)7-13(9)19(15)11-3-1-2-4-12(11)20-14-8-28(25,26)6-10(14)18-16(20)22/h1-4,9-10,13-14H,5-8H2,(H,17,21)(H,18,22)/t9-,10+,13-,14-/m0/s1. The lowest BCUT2D eigenvalue weighted by Gasteiger charge is -2.29. The molecule has 0 spiro atoms. The van der Waals surface area contributed by atoms with Gasteiger partial charge < -0.3 is 10.6 Å². The van der Waals surface area contributed by atoms with Crippen molar-refractivity contribution >= 4 is 43.1 Å². The molecule has 4 amide bonds. The van der Waals surface area contributed by atoms with Crippen molar-refractivity contribution < 1.29 is 26.4 Å². The van der Waals surface area contributed by atoms with Crippen LogP contribution in [0.1, 0.15) is 0 Å². The lowest BCUT2D eigenvalue weighted by Crippen LogP contribution is -2.41. The molecule has 4 fully saturated rings. The van der Waals surface area contributed by atoms with Crippen LogP contribution < -0.4 is 20.4 Å². The Morgan fingerprint density at radius 1 is 0.714 bits per heavy atom. The molecule has 0 bridgehead atoms. The molecule has 0 aliphatic carbocycles. The van der Waals surface area contributed by atoms with E-state index in [-0.39, 0.29) is 23.0 Å². The molecule has 1 aromatic rings. The van der Waals surface area contributed by atoms with E-state index in [9.17, 15) is 26.4 Å². The number of hydrogen-bond acceptors (Lipinski definition) is 6. The van der Waals surface area contributed by atoms with E-state index in [1.54, 1.807) is 24.3 Å². The van der Waals surface area contributed by atoms with Crippen molar-refractivity contribution in [1.29, 1.82) is 0 Å². The van der Waals surface area contributed by atoms with Crippen molar-refractivity contribution in [1.82, 2.24) is 10.6 Å². The molecule has 4 aliphatic heterocycles. The number of para-hydroxylation sites is 2. The predicted octanol–water partition coefficient (Wildman–Crippen LogP) is -0.923. The predicted molar refractivity (Wildman–Crippen MR) is 101 cm³/mol. The average Bonchev–Trinajstić information content (AvgIpc) is 3.21. The maximum Gasteiger partial charge on any atom is 0.322 e. The minimum atomic E-state index is -3.27. The summed E-state index contributed by atoms with van der Waals surface area (Å²) >= 11 is 0. The molecular weight excluding hydrogens is 408 g/mol. The van der Waals surface area contributed by atoms with Gasteiger partial charge in [-0.1, -0.05) is 12.1 Å². The number of amides is 4. The second-order valence-electron chi connectivity index (χ2n) is 7.63. The highest BCUT2D eigenvalue weighted by molar-refractivity contribution is 7.92. The number of anilines is 2. The second kappa shape index (κ2) is 5.60. The summed E-state index contributed by atoms with van der Waals surface area (Å²) in [5.41, 5.74) is 0.786. The molecule has 5 rings (SSSR count). The normalized spacial score (nSPS) is 34.9. The highest BCUT2D eigenvalue weighted by Crippen LogP contribution is 2.39. The number of carbonyl (C=O) groups excluding carboxylic acids is 2. The van der Waals surface area contributed by atoms with Crippen molar-refractivity contribution in [3.8, 4) is 0 Å². The zero-order chi connectivity index (χ0) is 19.8. The van der Waals surface area contributed by atoms with E-state index in [1.165, 1.54) is 9.80 Å². The third kappa shape index (κ3) is 2.58. The molecule has 0 saturated carbocycles. The number of carbonyl (C=O) groups is 2. The van der Waals surface area contributed by atoms with E-state index in [0.29, 0.717) is 11.4 Å². The van der Waals surface area contributed by atoms with Gasteiger partial charge in [-0.05, 0) is 12.1 Å². The van der Waals surface area contributed by atoms with Crippen LogP contribution in [0.5, 0.6) is 0 Å². The van der Waals surface area contributed by atoms with Crippen molar-refractivity contribution in [3.63, 3.8) is 0 Å². The first kappa shape index (κ1) is 17.7. The van der Waals surface area contributed by atoms with Crippen LogP contribution in [-0.2, 0) is 19.7 Å². The van der Waals surface area contributed by atoms with Crippen LogP contribution in [0, 0.1) is 0 Å². The fraction of sp³-hybridized carbons (Fsp3) is 0.500. The number of hydrogen-bond donors (Lipinski definition) is 2. The lowest BCUT2D eigenvalue weighted by molar-refractivity contribution is 0.249. The molecular formula is C16H18N4O6S2. The van der Waals surface area contributed by atoms with Gasteiger partial charge in [0.1, 0.15) is 0 Å². The minimum absolute atomic E-state index is 0.116. The monoisotopic (exact) mass is 426 g/mol. The Morgan fingerprint density at radius 2 is 1.11 bits per heavy atom. The third-order valence-corrected chi connectivity index (χ3v) is 9.20. The van der Waals surface area contributed by atoms with Gasteiger partial charge >= 0.3 is 12.1 Å². The maximum atomic E-state index is 12.6. The molecule has 150 valence electrons. The van der Waals surface area contributed by atoms with Crippen LogP contribution in [0.4, 0.5) is 21.0 Å². The zero-order valence-corrected chi connectivity index (χ0v) is 16.2. The summed E-state index contributed by atoms with van der Waals surface area (Å²) in [5.74, 6) is -0.542. The van der Waals surface area contributed by atoms with Crippen molar-refractivity contribution in [2.24, 2.45) is 0 Å². The zero-order valence-electron chi connectivity index (χ0n) is 14.6. The Labute approximate surface area is 161 Å². The smallest absolute Gasteiger partial charge is 0.322 e. The Morgan fingerprint density at radius 3 is 1.50 bits per heavy atom. The number of nitrogens with one attached hydrogen (secondary N) is 2. The third-order valence-electron chi connectivity index (χ3n) is 5.76. The molecule has 1 aromatic carbocycles.